The summed E-state index contributed by atoms with van der Waals surface area (Å²) in [6.07, 6.45) is 6.80. The number of aliphatic hydroxyl groups is 1. The Morgan fingerprint density at radius 2 is 2.32 bits per heavy atom. The Bertz CT molecular complexity index is 644. The van der Waals surface area contributed by atoms with E-state index in [-0.39, 0.29) is 18.6 Å². The van der Waals surface area contributed by atoms with Crippen LogP contribution in [-0.2, 0) is 4.79 Å². The highest BCUT2D eigenvalue weighted by Gasteiger charge is 2.26. The predicted molar refractivity (Wildman–Crippen MR) is 84.1 cm³/mol. The number of aliphatic hydroxyl groups excluding tert-OH is 1. The molecule has 0 radical (unpaired) electrons. The van der Waals surface area contributed by atoms with Crippen molar-refractivity contribution in [2.24, 2.45) is 0 Å². The van der Waals surface area contributed by atoms with Crippen LogP contribution in [0.2, 0.25) is 0 Å². The number of benzene rings is 1. The number of carbonyl (C=O) groups excluding carboxylic acids is 1. The molecule has 1 aromatic heterocycles. The van der Waals surface area contributed by atoms with Crippen LogP contribution in [0.5, 0.6) is 0 Å². The number of para-hydroxylation sites is 2. The molecule has 1 aromatic carbocycles. The van der Waals surface area contributed by atoms with Crippen molar-refractivity contribution < 1.29 is 14.3 Å². The maximum atomic E-state index is 12.3. The molecule has 0 bridgehead atoms. The Balaban J connectivity index is 1.67. The largest absolute Gasteiger partial charge is 0.437 e. The Morgan fingerprint density at radius 1 is 1.45 bits per heavy atom. The number of oxazole rings is 1. The lowest BCUT2D eigenvalue weighted by atomic mass is 10.1. The monoisotopic (exact) mass is 300 g/mol. The number of nitrogens with zero attached hydrogens (tertiary/aromatic N) is 2. The van der Waals surface area contributed by atoms with Crippen molar-refractivity contribution in [3.8, 4) is 0 Å². The van der Waals surface area contributed by atoms with Crippen LogP contribution in [0.25, 0.3) is 17.2 Å². The Hall–Kier alpha value is -2.14. The number of hydrogen-bond donors (Lipinski definition) is 1. The van der Waals surface area contributed by atoms with E-state index in [1.54, 1.807) is 6.08 Å². The van der Waals surface area contributed by atoms with E-state index in [0.717, 1.165) is 43.3 Å². The van der Waals surface area contributed by atoms with E-state index < -0.39 is 0 Å². The zero-order valence-corrected chi connectivity index (χ0v) is 12.4. The third-order valence-electron chi connectivity index (χ3n) is 4.03. The van der Waals surface area contributed by atoms with Gasteiger partial charge >= 0.3 is 0 Å². The van der Waals surface area contributed by atoms with Gasteiger partial charge in [0, 0.05) is 31.3 Å². The SMILES string of the molecule is O=C(/C=C/c1nc2ccccc2o1)N1CCCC1CCCO. The first-order chi connectivity index (χ1) is 10.8. The Kier molecular flexibility index (Phi) is 4.53. The number of aromatic nitrogens is 1. The molecule has 1 aliphatic heterocycles. The molecule has 5 heteroatoms. The molecule has 5 nitrogen and oxygen atoms in total. The first kappa shape index (κ1) is 14.8. The zero-order valence-electron chi connectivity index (χ0n) is 12.4. The predicted octanol–water partition coefficient (Wildman–Crippen LogP) is 2.60. The van der Waals surface area contributed by atoms with E-state index in [4.69, 9.17) is 9.52 Å². The number of carbonyl (C=O) groups is 1. The number of likely N-dealkylation sites (tertiary alicyclic amines) is 1. The Morgan fingerprint density at radius 3 is 3.14 bits per heavy atom. The van der Waals surface area contributed by atoms with Gasteiger partial charge in [-0.3, -0.25) is 4.79 Å². The third kappa shape index (κ3) is 3.20. The molecule has 1 saturated heterocycles. The van der Waals surface area contributed by atoms with Gasteiger partial charge in [0.05, 0.1) is 0 Å². The van der Waals surface area contributed by atoms with E-state index >= 15 is 0 Å². The highest BCUT2D eigenvalue weighted by atomic mass is 16.3. The van der Waals surface area contributed by atoms with Crippen molar-refractivity contribution in [1.82, 2.24) is 9.88 Å². The van der Waals surface area contributed by atoms with Crippen molar-refractivity contribution >= 4 is 23.1 Å². The molecule has 116 valence electrons. The average Bonchev–Trinajstić information content (AvgIpc) is 3.16. The maximum Gasteiger partial charge on any atom is 0.246 e. The third-order valence-corrected chi connectivity index (χ3v) is 4.03. The molecular weight excluding hydrogens is 280 g/mol. The fourth-order valence-electron chi connectivity index (χ4n) is 2.95. The van der Waals surface area contributed by atoms with Gasteiger partial charge in [-0.15, -0.1) is 0 Å². The van der Waals surface area contributed by atoms with Crippen molar-refractivity contribution in [2.45, 2.75) is 31.7 Å². The van der Waals surface area contributed by atoms with Gasteiger partial charge in [-0.1, -0.05) is 12.1 Å². The molecule has 1 aliphatic rings. The number of hydrogen-bond acceptors (Lipinski definition) is 4. The van der Waals surface area contributed by atoms with Crippen molar-refractivity contribution in [2.75, 3.05) is 13.2 Å². The van der Waals surface area contributed by atoms with E-state index in [2.05, 4.69) is 4.98 Å². The molecule has 2 heterocycles. The van der Waals surface area contributed by atoms with Crippen LogP contribution >= 0.6 is 0 Å². The smallest absolute Gasteiger partial charge is 0.246 e. The molecule has 1 atom stereocenters. The zero-order chi connectivity index (χ0) is 15.4. The van der Waals surface area contributed by atoms with Gasteiger partial charge in [-0.25, -0.2) is 4.98 Å². The summed E-state index contributed by atoms with van der Waals surface area (Å²) in [6.45, 7) is 0.962. The van der Waals surface area contributed by atoms with Gasteiger partial charge in [-0.2, -0.15) is 0 Å². The summed E-state index contributed by atoms with van der Waals surface area (Å²) in [5, 5.41) is 8.93. The number of rotatable bonds is 5. The van der Waals surface area contributed by atoms with Crippen LogP contribution in [-0.4, -0.2) is 40.1 Å². The number of fused-ring (bicyclic) bond motifs is 1. The fraction of sp³-hybridized carbons (Fsp3) is 0.412. The van der Waals surface area contributed by atoms with Gasteiger partial charge in [0.2, 0.25) is 11.8 Å². The average molecular weight is 300 g/mol. The van der Waals surface area contributed by atoms with Crippen LogP contribution in [0.15, 0.2) is 34.8 Å². The van der Waals surface area contributed by atoms with Gasteiger partial charge in [0.1, 0.15) is 5.52 Å². The van der Waals surface area contributed by atoms with Gasteiger partial charge < -0.3 is 14.4 Å². The Labute approximate surface area is 129 Å². The second-order valence-corrected chi connectivity index (χ2v) is 5.55. The van der Waals surface area contributed by atoms with E-state index in [0.29, 0.717) is 5.89 Å². The minimum Gasteiger partial charge on any atom is -0.437 e. The van der Waals surface area contributed by atoms with Crippen LogP contribution in [0.4, 0.5) is 0 Å². The van der Waals surface area contributed by atoms with Crippen LogP contribution in [0, 0.1) is 0 Å². The minimum atomic E-state index is -0.0114. The topological polar surface area (TPSA) is 66.6 Å². The summed E-state index contributed by atoms with van der Waals surface area (Å²) < 4.78 is 5.57. The van der Waals surface area contributed by atoms with Crippen LogP contribution in [0.3, 0.4) is 0 Å². The highest BCUT2D eigenvalue weighted by Crippen LogP contribution is 2.22. The standard InChI is InChI=1S/C17H20N2O3/c20-12-4-6-13-5-3-11-19(13)17(21)10-9-16-18-14-7-1-2-8-15(14)22-16/h1-2,7-10,13,20H,3-6,11-12H2/b10-9+. The summed E-state index contributed by atoms with van der Waals surface area (Å²) in [4.78, 5) is 18.5. The van der Waals surface area contributed by atoms with Gasteiger partial charge in [-0.05, 0) is 37.8 Å². The minimum absolute atomic E-state index is 0.0114. The van der Waals surface area contributed by atoms with Gasteiger partial charge in [0.25, 0.3) is 0 Å². The first-order valence-corrected chi connectivity index (χ1v) is 7.73. The lowest BCUT2D eigenvalue weighted by Gasteiger charge is -2.23. The highest BCUT2D eigenvalue weighted by molar-refractivity contribution is 5.92. The van der Waals surface area contributed by atoms with E-state index in [1.807, 2.05) is 29.2 Å². The fourth-order valence-corrected chi connectivity index (χ4v) is 2.95. The second kappa shape index (κ2) is 6.75. The molecular formula is C17H20N2O3. The molecule has 1 unspecified atom stereocenters. The van der Waals surface area contributed by atoms with Crippen LogP contribution in [0.1, 0.15) is 31.6 Å². The molecule has 1 N–H and O–H groups in total. The summed E-state index contributed by atoms with van der Waals surface area (Å²) in [7, 11) is 0. The molecule has 0 aliphatic carbocycles. The normalized spacial score (nSPS) is 18.6. The molecule has 22 heavy (non-hydrogen) atoms. The first-order valence-electron chi connectivity index (χ1n) is 7.73. The molecule has 1 fully saturated rings. The molecule has 2 aromatic rings. The molecule has 0 spiro atoms. The van der Waals surface area contributed by atoms with Crippen molar-refractivity contribution in [1.29, 1.82) is 0 Å². The summed E-state index contributed by atoms with van der Waals surface area (Å²) >= 11 is 0. The van der Waals surface area contributed by atoms with E-state index in [9.17, 15) is 4.79 Å². The summed E-state index contributed by atoms with van der Waals surface area (Å²) in [5.74, 6) is 0.434. The van der Waals surface area contributed by atoms with Crippen LogP contribution < -0.4 is 0 Å². The lowest BCUT2D eigenvalue weighted by molar-refractivity contribution is -0.126. The lowest BCUT2D eigenvalue weighted by Crippen LogP contribution is -2.34. The summed E-state index contributed by atoms with van der Waals surface area (Å²) in [6, 6.07) is 7.77. The summed E-state index contributed by atoms with van der Waals surface area (Å²) in [5.41, 5.74) is 1.51. The molecule has 1 amide bonds. The van der Waals surface area contributed by atoms with E-state index in [1.165, 1.54) is 6.08 Å². The van der Waals surface area contributed by atoms with Gasteiger partial charge in [0.15, 0.2) is 5.58 Å². The quantitative estimate of drug-likeness (QED) is 0.862. The van der Waals surface area contributed by atoms with Crippen molar-refractivity contribution in [3.63, 3.8) is 0 Å². The molecule has 0 saturated carbocycles. The van der Waals surface area contributed by atoms with Crippen molar-refractivity contribution in [3.05, 3.63) is 36.2 Å². The number of amides is 1. The maximum absolute atomic E-state index is 12.3. The second-order valence-electron chi connectivity index (χ2n) is 5.55. The molecule has 3 rings (SSSR count).